The van der Waals surface area contributed by atoms with E-state index in [-0.39, 0.29) is 5.91 Å². The quantitative estimate of drug-likeness (QED) is 0.694. The van der Waals surface area contributed by atoms with Crippen LogP contribution >= 0.6 is 15.9 Å². The van der Waals surface area contributed by atoms with Gasteiger partial charge in [0.25, 0.3) is 0 Å². The molecule has 2 aromatic rings. The van der Waals surface area contributed by atoms with E-state index in [0.717, 1.165) is 15.4 Å². The van der Waals surface area contributed by atoms with Crippen LogP contribution in [0, 0.1) is 0 Å². The van der Waals surface area contributed by atoms with Crippen LogP contribution in [0.5, 0.6) is 0 Å². The SMILES string of the molecule is C=CCNC(=O)C=Cc1cc2cc(Br)ccc2o1. The van der Waals surface area contributed by atoms with E-state index in [1.165, 1.54) is 6.08 Å². The third-order valence-corrected chi connectivity index (χ3v) is 2.81. The molecule has 0 fully saturated rings. The minimum atomic E-state index is -0.170. The van der Waals surface area contributed by atoms with Crippen LogP contribution in [0.25, 0.3) is 17.0 Å². The van der Waals surface area contributed by atoms with Gasteiger partial charge in [-0.15, -0.1) is 6.58 Å². The molecule has 0 unspecified atom stereocenters. The van der Waals surface area contributed by atoms with E-state index in [1.807, 2.05) is 24.3 Å². The maximum atomic E-state index is 11.3. The molecule has 0 spiro atoms. The van der Waals surface area contributed by atoms with Crippen molar-refractivity contribution < 1.29 is 9.21 Å². The highest BCUT2D eigenvalue weighted by Crippen LogP contribution is 2.23. The second-order valence-electron chi connectivity index (χ2n) is 3.70. The van der Waals surface area contributed by atoms with Crippen LogP contribution in [-0.2, 0) is 4.79 Å². The Balaban J connectivity index is 2.14. The first-order chi connectivity index (χ1) is 8.69. The molecular weight excluding hydrogens is 294 g/mol. The largest absolute Gasteiger partial charge is 0.457 e. The first kappa shape index (κ1) is 12.6. The van der Waals surface area contributed by atoms with Crippen molar-refractivity contribution in [1.29, 1.82) is 0 Å². The van der Waals surface area contributed by atoms with Gasteiger partial charge in [0.05, 0.1) is 0 Å². The van der Waals surface area contributed by atoms with Crippen LogP contribution in [0.4, 0.5) is 0 Å². The van der Waals surface area contributed by atoms with E-state index in [9.17, 15) is 4.79 Å². The van der Waals surface area contributed by atoms with E-state index in [4.69, 9.17) is 4.42 Å². The number of hydrogen-bond acceptors (Lipinski definition) is 2. The molecule has 2 rings (SSSR count). The van der Waals surface area contributed by atoms with Gasteiger partial charge in [-0.1, -0.05) is 22.0 Å². The van der Waals surface area contributed by atoms with Crippen molar-refractivity contribution in [1.82, 2.24) is 5.32 Å². The number of halogens is 1. The smallest absolute Gasteiger partial charge is 0.244 e. The van der Waals surface area contributed by atoms with E-state index in [2.05, 4.69) is 27.8 Å². The number of fused-ring (bicyclic) bond motifs is 1. The lowest BCUT2D eigenvalue weighted by Crippen LogP contribution is -2.20. The predicted molar refractivity (Wildman–Crippen MR) is 76.2 cm³/mol. The average molecular weight is 306 g/mol. The molecule has 3 nitrogen and oxygen atoms in total. The van der Waals surface area contributed by atoms with E-state index < -0.39 is 0 Å². The molecule has 18 heavy (non-hydrogen) atoms. The fourth-order valence-corrected chi connectivity index (χ4v) is 1.89. The Bertz CT molecular complexity index is 613. The fraction of sp³-hybridized carbons (Fsp3) is 0.0714. The zero-order chi connectivity index (χ0) is 13.0. The zero-order valence-electron chi connectivity index (χ0n) is 9.65. The summed E-state index contributed by atoms with van der Waals surface area (Å²) in [5.74, 6) is 0.480. The van der Waals surface area contributed by atoms with Crippen molar-refractivity contribution >= 4 is 38.9 Å². The van der Waals surface area contributed by atoms with E-state index in [1.54, 1.807) is 12.2 Å². The second-order valence-corrected chi connectivity index (χ2v) is 4.61. The van der Waals surface area contributed by atoms with Crippen molar-refractivity contribution in [3.05, 3.63) is 53.2 Å². The molecular formula is C14H12BrNO2. The summed E-state index contributed by atoms with van der Waals surface area (Å²) in [6.45, 7) is 3.98. The molecule has 1 N–H and O–H groups in total. The Morgan fingerprint density at radius 1 is 1.44 bits per heavy atom. The molecule has 1 aromatic heterocycles. The summed E-state index contributed by atoms with van der Waals surface area (Å²) < 4.78 is 6.57. The summed E-state index contributed by atoms with van der Waals surface area (Å²) in [5.41, 5.74) is 0.796. The molecule has 0 aliphatic heterocycles. The van der Waals surface area contributed by atoms with Crippen LogP contribution in [0.2, 0.25) is 0 Å². The van der Waals surface area contributed by atoms with Gasteiger partial charge in [-0.2, -0.15) is 0 Å². The van der Waals surface area contributed by atoms with Crippen molar-refractivity contribution in [3.63, 3.8) is 0 Å². The van der Waals surface area contributed by atoms with Crippen molar-refractivity contribution in [2.24, 2.45) is 0 Å². The molecule has 0 aliphatic rings. The van der Waals surface area contributed by atoms with Crippen LogP contribution in [-0.4, -0.2) is 12.5 Å². The Morgan fingerprint density at radius 3 is 3.06 bits per heavy atom. The molecule has 92 valence electrons. The van der Waals surface area contributed by atoms with Crippen LogP contribution < -0.4 is 5.32 Å². The number of nitrogens with one attached hydrogen (secondary N) is 1. The molecule has 0 saturated heterocycles. The number of carbonyl (C=O) groups excluding carboxylic acids is 1. The number of furan rings is 1. The van der Waals surface area contributed by atoms with Gasteiger partial charge in [-0.3, -0.25) is 4.79 Å². The predicted octanol–water partition coefficient (Wildman–Crippen LogP) is 3.51. The van der Waals surface area contributed by atoms with Gasteiger partial charge in [-0.05, 0) is 30.3 Å². The molecule has 1 aromatic carbocycles. The van der Waals surface area contributed by atoms with Gasteiger partial charge in [0, 0.05) is 22.5 Å². The number of carbonyl (C=O) groups is 1. The van der Waals surface area contributed by atoms with Crippen LogP contribution in [0.15, 0.2) is 51.9 Å². The molecule has 1 heterocycles. The summed E-state index contributed by atoms with van der Waals surface area (Å²) in [5, 5.41) is 3.65. The first-order valence-electron chi connectivity index (χ1n) is 5.45. The Morgan fingerprint density at radius 2 is 2.28 bits per heavy atom. The van der Waals surface area contributed by atoms with E-state index in [0.29, 0.717) is 12.3 Å². The molecule has 4 heteroatoms. The Hall–Kier alpha value is -1.81. The zero-order valence-corrected chi connectivity index (χ0v) is 11.2. The molecule has 0 saturated carbocycles. The van der Waals surface area contributed by atoms with Crippen molar-refractivity contribution in [2.45, 2.75) is 0 Å². The summed E-state index contributed by atoms with van der Waals surface area (Å²) in [6.07, 6.45) is 4.72. The Kier molecular flexibility index (Phi) is 3.99. The van der Waals surface area contributed by atoms with Gasteiger partial charge in [0.1, 0.15) is 11.3 Å². The molecule has 0 aliphatic carbocycles. The third kappa shape index (κ3) is 3.11. The second kappa shape index (κ2) is 5.69. The van der Waals surface area contributed by atoms with Gasteiger partial charge in [0.15, 0.2) is 0 Å². The molecule has 0 radical (unpaired) electrons. The summed E-state index contributed by atoms with van der Waals surface area (Å²) in [4.78, 5) is 11.3. The molecule has 0 bridgehead atoms. The molecule has 0 atom stereocenters. The standard InChI is InChI=1S/C14H12BrNO2/c1-2-7-16-14(17)6-4-12-9-10-8-11(15)3-5-13(10)18-12/h2-6,8-9H,1,7H2,(H,16,17). The maximum Gasteiger partial charge on any atom is 0.244 e. The third-order valence-electron chi connectivity index (χ3n) is 2.32. The normalized spacial score (nSPS) is 10.9. The minimum absolute atomic E-state index is 0.170. The van der Waals surface area contributed by atoms with Crippen molar-refractivity contribution in [2.75, 3.05) is 6.54 Å². The van der Waals surface area contributed by atoms with Gasteiger partial charge < -0.3 is 9.73 Å². The number of hydrogen-bond donors (Lipinski definition) is 1. The van der Waals surface area contributed by atoms with Gasteiger partial charge in [0.2, 0.25) is 5.91 Å². The topological polar surface area (TPSA) is 42.2 Å². The Labute approximate surface area is 113 Å². The minimum Gasteiger partial charge on any atom is -0.457 e. The first-order valence-corrected chi connectivity index (χ1v) is 6.24. The highest BCUT2D eigenvalue weighted by Gasteiger charge is 2.02. The fourth-order valence-electron chi connectivity index (χ4n) is 1.51. The number of benzene rings is 1. The summed E-state index contributed by atoms with van der Waals surface area (Å²) in [6, 6.07) is 7.65. The summed E-state index contributed by atoms with van der Waals surface area (Å²) >= 11 is 3.40. The van der Waals surface area contributed by atoms with Gasteiger partial charge in [-0.25, -0.2) is 0 Å². The monoisotopic (exact) mass is 305 g/mol. The lowest BCUT2D eigenvalue weighted by atomic mass is 10.2. The van der Waals surface area contributed by atoms with Crippen LogP contribution in [0.3, 0.4) is 0 Å². The van der Waals surface area contributed by atoms with Gasteiger partial charge >= 0.3 is 0 Å². The lowest BCUT2D eigenvalue weighted by molar-refractivity contribution is -0.116. The lowest BCUT2D eigenvalue weighted by Gasteiger charge is -1.93. The maximum absolute atomic E-state index is 11.3. The highest BCUT2D eigenvalue weighted by atomic mass is 79.9. The summed E-state index contributed by atoms with van der Waals surface area (Å²) in [7, 11) is 0. The van der Waals surface area contributed by atoms with Crippen LogP contribution in [0.1, 0.15) is 5.76 Å². The molecule has 1 amide bonds. The average Bonchev–Trinajstić information content (AvgIpc) is 2.75. The van der Waals surface area contributed by atoms with E-state index >= 15 is 0 Å². The number of amides is 1. The number of rotatable bonds is 4. The highest BCUT2D eigenvalue weighted by molar-refractivity contribution is 9.10. The van der Waals surface area contributed by atoms with Crippen molar-refractivity contribution in [3.8, 4) is 0 Å².